The van der Waals surface area contributed by atoms with Crippen LogP contribution < -0.4 is 5.73 Å². The number of aromatic nitrogens is 3. The van der Waals surface area contributed by atoms with Gasteiger partial charge in [0.1, 0.15) is 0 Å². The maximum Gasteiger partial charge on any atom is 0.227 e. The third-order valence-electron chi connectivity index (χ3n) is 6.76. The first-order valence-electron chi connectivity index (χ1n) is 10.4. The third-order valence-corrected chi connectivity index (χ3v) is 6.76. The average molecular weight is 390 g/mol. The molecule has 9 nitrogen and oxygen atoms in total. The molecular weight excluding hydrogens is 360 g/mol. The van der Waals surface area contributed by atoms with Crippen molar-refractivity contribution in [3.8, 4) is 0 Å². The van der Waals surface area contributed by atoms with Crippen LogP contribution in [0.4, 0.5) is 0 Å². The summed E-state index contributed by atoms with van der Waals surface area (Å²) in [6, 6.07) is 0.382. The molecule has 0 aliphatic carbocycles. The Kier molecular flexibility index (Phi) is 5.63. The van der Waals surface area contributed by atoms with E-state index in [1.54, 1.807) is 0 Å². The van der Waals surface area contributed by atoms with Crippen molar-refractivity contribution in [2.75, 3.05) is 32.8 Å². The van der Waals surface area contributed by atoms with Gasteiger partial charge in [0.05, 0.1) is 18.2 Å². The zero-order chi connectivity index (χ0) is 19.7. The second-order valence-electron chi connectivity index (χ2n) is 8.45. The number of primary amides is 1. The fraction of sp³-hybridized carbons (Fsp3) is 0.789. The molecule has 3 N–H and O–H groups in total. The molecule has 0 saturated carbocycles. The van der Waals surface area contributed by atoms with Crippen LogP contribution in [0.5, 0.6) is 0 Å². The number of fused-ring (bicyclic) bond motifs is 3. The quantitative estimate of drug-likeness (QED) is 0.660. The van der Waals surface area contributed by atoms with E-state index in [9.17, 15) is 9.59 Å². The van der Waals surface area contributed by atoms with E-state index in [1.165, 1.54) is 0 Å². The predicted molar refractivity (Wildman–Crippen MR) is 101 cm³/mol. The van der Waals surface area contributed by atoms with Crippen molar-refractivity contribution in [2.45, 2.75) is 44.7 Å². The summed E-state index contributed by atoms with van der Waals surface area (Å²) in [5.41, 5.74) is 6.22. The number of hydrogen-bond acceptors (Lipinski definition) is 6. The van der Waals surface area contributed by atoms with Crippen molar-refractivity contribution in [3.05, 3.63) is 11.9 Å². The van der Waals surface area contributed by atoms with Gasteiger partial charge in [0.25, 0.3) is 0 Å². The summed E-state index contributed by atoms with van der Waals surface area (Å²) in [4.78, 5) is 28.8. The monoisotopic (exact) mass is 390 g/mol. The Balaban J connectivity index is 1.33. The minimum Gasteiger partial charge on any atom is -0.396 e. The van der Waals surface area contributed by atoms with Gasteiger partial charge in [-0.1, -0.05) is 5.21 Å². The Morgan fingerprint density at radius 2 is 2.00 bits per heavy atom. The molecule has 154 valence electrons. The molecule has 0 spiro atoms. The van der Waals surface area contributed by atoms with E-state index >= 15 is 0 Å². The molecule has 4 fully saturated rings. The van der Waals surface area contributed by atoms with Crippen molar-refractivity contribution in [3.63, 3.8) is 0 Å². The average Bonchev–Trinajstić information content (AvgIpc) is 3.15. The number of aliphatic hydroxyl groups is 1. The van der Waals surface area contributed by atoms with Crippen LogP contribution in [0.25, 0.3) is 0 Å². The van der Waals surface area contributed by atoms with Gasteiger partial charge in [-0.3, -0.25) is 19.2 Å². The molecule has 2 unspecified atom stereocenters. The largest absolute Gasteiger partial charge is 0.396 e. The second-order valence-corrected chi connectivity index (χ2v) is 8.45. The van der Waals surface area contributed by atoms with Crippen LogP contribution in [0.1, 0.15) is 31.4 Å². The number of nitrogens with zero attached hydrogens (tertiary/aromatic N) is 5. The molecule has 4 atom stereocenters. The number of carbonyl (C=O) groups is 2. The van der Waals surface area contributed by atoms with Gasteiger partial charge in [-0.05, 0) is 38.1 Å². The highest BCUT2D eigenvalue weighted by molar-refractivity contribution is 5.81. The van der Waals surface area contributed by atoms with Crippen LogP contribution in [0, 0.1) is 17.8 Å². The van der Waals surface area contributed by atoms with Gasteiger partial charge >= 0.3 is 0 Å². The molecule has 0 radical (unpaired) electrons. The fourth-order valence-corrected chi connectivity index (χ4v) is 5.10. The van der Waals surface area contributed by atoms with E-state index in [0.717, 1.165) is 38.2 Å². The van der Waals surface area contributed by atoms with Crippen LogP contribution in [0.15, 0.2) is 6.20 Å². The van der Waals surface area contributed by atoms with E-state index in [0.29, 0.717) is 44.3 Å². The maximum atomic E-state index is 13.1. The molecule has 1 aromatic rings. The molecule has 4 saturated heterocycles. The Morgan fingerprint density at radius 3 is 2.64 bits per heavy atom. The standard InChI is InChI=1S/C19H30N6O3/c20-18(27)13-1-5-23(6-2-13)19(28)17-12-24-7-3-14(17)9-16(24)11-25-10-15(4-8-26)21-22-25/h10,13-14,16-17,26H,1-9,11-12H2,(H2,20,27)/t14?,16-,17+/m1/s1. The number of nitrogens with two attached hydrogens (primary N) is 1. The molecule has 1 aromatic heterocycles. The molecule has 4 aliphatic heterocycles. The number of carbonyl (C=O) groups excluding carboxylic acids is 2. The van der Waals surface area contributed by atoms with Gasteiger partial charge in [0.15, 0.2) is 0 Å². The van der Waals surface area contributed by atoms with Crippen molar-refractivity contribution in [2.24, 2.45) is 23.5 Å². The molecule has 28 heavy (non-hydrogen) atoms. The van der Waals surface area contributed by atoms with Crippen LogP contribution in [0.2, 0.25) is 0 Å². The highest BCUT2D eigenvalue weighted by Crippen LogP contribution is 2.38. The summed E-state index contributed by atoms with van der Waals surface area (Å²) >= 11 is 0. The lowest BCUT2D eigenvalue weighted by Gasteiger charge is -2.50. The Hall–Kier alpha value is -2.00. The van der Waals surface area contributed by atoms with Gasteiger partial charge in [-0.25, -0.2) is 0 Å². The summed E-state index contributed by atoms with van der Waals surface area (Å²) < 4.78 is 1.86. The van der Waals surface area contributed by atoms with E-state index < -0.39 is 0 Å². The second kappa shape index (κ2) is 8.16. The SMILES string of the molecule is NC(=O)C1CCN(C(=O)[C@H]2CN3CCC2C[C@@H]3Cn2cc(CCO)nn2)CC1. The van der Waals surface area contributed by atoms with Crippen molar-refractivity contribution in [1.82, 2.24) is 24.8 Å². The molecule has 5 heterocycles. The molecule has 2 amide bonds. The number of piperidine rings is 4. The fourth-order valence-electron chi connectivity index (χ4n) is 5.10. The number of amides is 2. The Labute approximate surface area is 164 Å². The maximum absolute atomic E-state index is 13.1. The van der Waals surface area contributed by atoms with Gasteiger partial charge < -0.3 is 15.7 Å². The molecule has 9 heteroatoms. The zero-order valence-corrected chi connectivity index (χ0v) is 16.2. The Bertz CT molecular complexity index is 714. The van der Waals surface area contributed by atoms with Gasteiger partial charge in [-0.2, -0.15) is 0 Å². The smallest absolute Gasteiger partial charge is 0.227 e. The summed E-state index contributed by atoms with van der Waals surface area (Å²) in [6.07, 6.45) is 5.88. The highest BCUT2D eigenvalue weighted by Gasteiger charge is 2.45. The first kappa shape index (κ1) is 19.3. The molecule has 0 aromatic carbocycles. The van der Waals surface area contributed by atoms with Crippen LogP contribution >= 0.6 is 0 Å². The van der Waals surface area contributed by atoms with Crippen molar-refractivity contribution in [1.29, 1.82) is 0 Å². The first-order chi connectivity index (χ1) is 13.5. The van der Waals surface area contributed by atoms with Crippen molar-refractivity contribution >= 4 is 11.8 Å². The van der Waals surface area contributed by atoms with Crippen LogP contribution in [-0.4, -0.2) is 80.5 Å². The van der Waals surface area contributed by atoms with E-state index in [4.69, 9.17) is 10.8 Å². The van der Waals surface area contributed by atoms with Crippen LogP contribution in [-0.2, 0) is 22.6 Å². The normalized spacial score (nSPS) is 30.5. The van der Waals surface area contributed by atoms with E-state index in [1.807, 2.05) is 15.8 Å². The molecule has 4 aliphatic rings. The summed E-state index contributed by atoms with van der Waals surface area (Å²) in [5.74, 6) is 0.404. The van der Waals surface area contributed by atoms with E-state index in [-0.39, 0.29) is 30.3 Å². The minimum absolute atomic E-state index is 0.0656. The Morgan fingerprint density at radius 1 is 1.21 bits per heavy atom. The lowest BCUT2D eigenvalue weighted by molar-refractivity contribution is -0.146. The third kappa shape index (κ3) is 3.91. The number of likely N-dealkylation sites (tertiary alicyclic amines) is 1. The number of aliphatic hydroxyl groups excluding tert-OH is 1. The van der Waals surface area contributed by atoms with Gasteiger partial charge in [-0.15, -0.1) is 5.10 Å². The topological polar surface area (TPSA) is 118 Å². The lowest BCUT2D eigenvalue weighted by atomic mass is 9.74. The van der Waals surface area contributed by atoms with E-state index in [2.05, 4.69) is 15.2 Å². The van der Waals surface area contributed by atoms with Crippen molar-refractivity contribution < 1.29 is 14.7 Å². The highest BCUT2D eigenvalue weighted by atomic mass is 16.3. The molecule has 5 rings (SSSR count). The molecule has 2 bridgehead atoms. The van der Waals surface area contributed by atoms with Gasteiger partial charge in [0, 0.05) is 50.8 Å². The lowest BCUT2D eigenvalue weighted by Crippen LogP contribution is -2.59. The summed E-state index contributed by atoms with van der Waals surface area (Å²) in [5, 5.41) is 17.3. The number of hydrogen-bond donors (Lipinski definition) is 2. The molecular formula is C19H30N6O3. The first-order valence-corrected chi connectivity index (χ1v) is 10.4. The summed E-state index contributed by atoms with van der Waals surface area (Å²) in [6.45, 7) is 3.98. The summed E-state index contributed by atoms with van der Waals surface area (Å²) in [7, 11) is 0. The van der Waals surface area contributed by atoms with Gasteiger partial charge in [0.2, 0.25) is 11.8 Å². The zero-order valence-electron chi connectivity index (χ0n) is 16.2. The number of rotatable bonds is 6. The van der Waals surface area contributed by atoms with Crippen LogP contribution in [0.3, 0.4) is 0 Å². The predicted octanol–water partition coefficient (Wildman–Crippen LogP) is -0.753. The minimum atomic E-state index is -0.243.